The molecule has 1 aliphatic heterocycles. The fourth-order valence-electron chi connectivity index (χ4n) is 4.18. The van der Waals surface area contributed by atoms with Crippen LogP contribution in [-0.2, 0) is 21.2 Å². The summed E-state index contributed by atoms with van der Waals surface area (Å²) in [5.74, 6) is -0.179. The number of piperazine rings is 1. The first-order valence-electron chi connectivity index (χ1n) is 11.0. The maximum atomic E-state index is 13.5. The van der Waals surface area contributed by atoms with Gasteiger partial charge in [-0.1, -0.05) is 42.8 Å². The van der Waals surface area contributed by atoms with Gasteiger partial charge in [0.15, 0.2) is 0 Å². The molecule has 0 bridgehead atoms. The summed E-state index contributed by atoms with van der Waals surface area (Å²) in [6, 6.07) is 13.6. The van der Waals surface area contributed by atoms with E-state index in [1.807, 2.05) is 37.4 Å². The number of para-hydroxylation sites is 1. The van der Waals surface area contributed by atoms with Crippen LogP contribution in [0.1, 0.15) is 18.1 Å². The van der Waals surface area contributed by atoms with Gasteiger partial charge in [0.25, 0.3) is 0 Å². The van der Waals surface area contributed by atoms with Gasteiger partial charge in [0.1, 0.15) is 6.04 Å². The minimum Gasteiger partial charge on any atom is -0.361 e. The number of carbonyl (C=O) groups excluding carboxylic acids is 1. The molecule has 1 atom stereocenters. The van der Waals surface area contributed by atoms with Crippen molar-refractivity contribution in [2.45, 2.75) is 31.2 Å². The number of hydrogen-bond donors (Lipinski definition) is 2. The van der Waals surface area contributed by atoms with E-state index in [0.717, 1.165) is 41.7 Å². The topological polar surface area (TPSA) is 85.5 Å². The van der Waals surface area contributed by atoms with E-state index in [0.29, 0.717) is 13.1 Å². The summed E-state index contributed by atoms with van der Waals surface area (Å²) in [5, 5.41) is 0.996. The van der Waals surface area contributed by atoms with Crippen LogP contribution in [0.2, 0.25) is 0 Å². The molecule has 4 rings (SSSR count). The van der Waals surface area contributed by atoms with Crippen molar-refractivity contribution in [2.24, 2.45) is 0 Å². The van der Waals surface area contributed by atoms with Crippen molar-refractivity contribution in [1.29, 1.82) is 0 Å². The standard InChI is InChI=1S/C24H30N4O3S/c1-3-27-12-14-28(15-13-27)24(29)23(16-19-17-25-22-7-5-4-6-21(19)22)26-32(30,31)20-10-8-18(2)9-11-20/h4-11,17,23,25-26H,3,12-16H2,1-2H3. The van der Waals surface area contributed by atoms with Crippen LogP contribution in [0, 0.1) is 6.92 Å². The minimum absolute atomic E-state index is 0.163. The first kappa shape index (κ1) is 22.5. The highest BCUT2D eigenvalue weighted by Gasteiger charge is 2.31. The quantitative estimate of drug-likeness (QED) is 0.575. The summed E-state index contributed by atoms with van der Waals surface area (Å²) in [6.45, 7) is 7.75. The van der Waals surface area contributed by atoms with Gasteiger partial charge in [0.05, 0.1) is 4.90 Å². The van der Waals surface area contributed by atoms with Crippen molar-refractivity contribution in [3.05, 3.63) is 65.9 Å². The van der Waals surface area contributed by atoms with Gasteiger partial charge in [-0.15, -0.1) is 0 Å². The molecule has 170 valence electrons. The number of sulfonamides is 1. The third-order valence-electron chi connectivity index (χ3n) is 6.16. The molecule has 3 aromatic rings. The normalized spacial score (nSPS) is 16.4. The monoisotopic (exact) mass is 454 g/mol. The van der Waals surface area contributed by atoms with Crippen LogP contribution in [0.15, 0.2) is 59.6 Å². The Kier molecular flexibility index (Phi) is 6.64. The van der Waals surface area contributed by atoms with Crippen molar-refractivity contribution < 1.29 is 13.2 Å². The van der Waals surface area contributed by atoms with Gasteiger partial charge in [-0.25, -0.2) is 8.42 Å². The molecule has 0 aliphatic carbocycles. The molecule has 8 heteroatoms. The molecule has 1 aliphatic rings. The SMILES string of the molecule is CCN1CCN(C(=O)C(Cc2c[nH]c3ccccc23)NS(=O)(=O)c2ccc(C)cc2)CC1. The molecule has 2 N–H and O–H groups in total. The number of aromatic nitrogens is 1. The lowest BCUT2D eigenvalue weighted by Crippen LogP contribution is -2.55. The molecular formula is C24H30N4O3S. The summed E-state index contributed by atoms with van der Waals surface area (Å²) in [6.07, 6.45) is 2.14. The van der Waals surface area contributed by atoms with Crippen molar-refractivity contribution >= 4 is 26.8 Å². The second-order valence-corrected chi connectivity index (χ2v) is 10.0. The molecule has 0 radical (unpaired) electrons. The number of rotatable bonds is 7. The van der Waals surface area contributed by atoms with Crippen LogP contribution in [0.4, 0.5) is 0 Å². The Morgan fingerprint density at radius 2 is 1.75 bits per heavy atom. The number of hydrogen-bond acceptors (Lipinski definition) is 4. The molecular weight excluding hydrogens is 424 g/mol. The number of fused-ring (bicyclic) bond motifs is 1. The molecule has 7 nitrogen and oxygen atoms in total. The highest BCUT2D eigenvalue weighted by Crippen LogP contribution is 2.21. The minimum atomic E-state index is -3.85. The maximum absolute atomic E-state index is 13.5. The van der Waals surface area contributed by atoms with E-state index in [1.165, 1.54) is 0 Å². The molecule has 0 spiro atoms. The number of carbonyl (C=O) groups is 1. The Balaban J connectivity index is 1.61. The van der Waals surface area contributed by atoms with Crippen molar-refractivity contribution in [1.82, 2.24) is 19.5 Å². The molecule has 1 saturated heterocycles. The summed E-state index contributed by atoms with van der Waals surface area (Å²) in [7, 11) is -3.85. The summed E-state index contributed by atoms with van der Waals surface area (Å²) >= 11 is 0. The smallest absolute Gasteiger partial charge is 0.241 e. The molecule has 1 amide bonds. The van der Waals surface area contributed by atoms with Crippen molar-refractivity contribution in [3.63, 3.8) is 0 Å². The van der Waals surface area contributed by atoms with E-state index in [-0.39, 0.29) is 17.2 Å². The summed E-state index contributed by atoms with van der Waals surface area (Å²) in [4.78, 5) is 20.9. The number of likely N-dealkylation sites (N-methyl/N-ethyl adjacent to an activating group) is 1. The van der Waals surface area contributed by atoms with E-state index in [9.17, 15) is 13.2 Å². The second kappa shape index (κ2) is 9.44. The van der Waals surface area contributed by atoms with Gasteiger partial charge in [0.2, 0.25) is 15.9 Å². The summed E-state index contributed by atoms with van der Waals surface area (Å²) in [5.41, 5.74) is 2.86. The lowest BCUT2D eigenvalue weighted by atomic mass is 10.0. The van der Waals surface area contributed by atoms with Gasteiger partial charge in [-0.2, -0.15) is 4.72 Å². The Bertz CT molecular complexity index is 1180. The van der Waals surface area contributed by atoms with Crippen LogP contribution in [0.25, 0.3) is 10.9 Å². The van der Waals surface area contributed by atoms with E-state index in [4.69, 9.17) is 0 Å². The largest absolute Gasteiger partial charge is 0.361 e. The molecule has 32 heavy (non-hydrogen) atoms. The number of benzene rings is 2. The van der Waals surface area contributed by atoms with Crippen molar-refractivity contribution in [2.75, 3.05) is 32.7 Å². The van der Waals surface area contributed by atoms with E-state index >= 15 is 0 Å². The molecule has 1 fully saturated rings. The average Bonchev–Trinajstić information content (AvgIpc) is 3.21. The van der Waals surface area contributed by atoms with Gasteiger partial charge >= 0.3 is 0 Å². The van der Waals surface area contributed by atoms with Crippen LogP contribution in [-0.4, -0.2) is 67.9 Å². The van der Waals surface area contributed by atoms with Crippen molar-refractivity contribution in [3.8, 4) is 0 Å². The maximum Gasteiger partial charge on any atom is 0.241 e. The highest BCUT2D eigenvalue weighted by molar-refractivity contribution is 7.89. The zero-order chi connectivity index (χ0) is 22.7. The van der Waals surface area contributed by atoms with Gasteiger partial charge in [0, 0.05) is 43.3 Å². The van der Waals surface area contributed by atoms with Gasteiger partial charge in [-0.05, 0) is 43.7 Å². The number of nitrogens with zero attached hydrogens (tertiary/aromatic N) is 2. The van der Waals surface area contributed by atoms with Gasteiger partial charge < -0.3 is 14.8 Å². The fourth-order valence-corrected chi connectivity index (χ4v) is 5.37. The Morgan fingerprint density at radius 3 is 2.44 bits per heavy atom. The number of aryl methyl sites for hydroxylation is 1. The van der Waals surface area contributed by atoms with E-state index in [1.54, 1.807) is 29.2 Å². The number of H-pyrrole nitrogens is 1. The van der Waals surface area contributed by atoms with Crippen LogP contribution in [0.5, 0.6) is 0 Å². The van der Waals surface area contributed by atoms with E-state index < -0.39 is 16.1 Å². The number of amides is 1. The number of nitrogens with one attached hydrogen (secondary N) is 2. The van der Waals surface area contributed by atoms with Crippen LogP contribution >= 0.6 is 0 Å². The Labute approximate surface area is 189 Å². The Hall–Kier alpha value is -2.68. The summed E-state index contributed by atoms with van der Waals surface area (Å²) < 4.78 is 29.0. The third-order valence-corrected chi connectivity index (χ3v) is 7.64. The predicted molar refractivity (Wildman–Crippen MR) is 126 cm³/mol. The lowest BCUT2D eigenvalue weighted by molar-refractivity contribution is -0.134. The van der Waals surface area contributed by atoms with E-state index in [2.05, 4.69) is 21.5 Å². The Morgan fingerprint density at radius 1 is 1.06 bits per heavy atom. The molecule has 0 saturated carbocycles. The van der Waals surface area contributed by atoms with Gasteiger partial charge in [-0.3, -0.25) is 4.79 Å². The zero-order valence-electron chi connectivity index (χ0n) is 18.5. The molecule has 2 heterocycles. The van der Waals surface area contributed by atoms with Crippen LogP contribution < -0.4 is 4.72 Å². The average molecular weight is 455 g/mol. The highest BCUT2D eigenvalue weighted by atomic mass is 32.2. The molecule has 1 unspecified atom stereocenters. The van der Waals surface area contributed by atoms with Crippen LogP contribution in [0.3, 0.4) is 0 Å². The fraction of sp³-hybridized carbons (Fsp3) is 0.375. The zero-order valence-corrected chi connectivity index (χ0v) is 19.4. The molecule has 1 aromatic heterocycles. The second-order valence-electron chi connectivity index (χ2n) is 8.31. The number of aromatic amines is 1. The predicted octanol–water partition coefficient (Wildman–Crippen LogP) is 2.53. The first-order chi connectivity index (χ1) is 15.4. The molecule has 2 aromatic carbocycles. The lowest BCUT2D eigenvalue weighted by Gasteiger charge is -2.36. The third kappa shape index (κ3) is 4.87. The first-order valence-corrected chi connectivity index (χ1v) is 12.5.